The molecule has 0 bridgehead atoms. The fourth-order valence-corrected chi connectivity index (χ4v) is 5.09. The summed E-state index contributed by atoms with van der Waals surface area (Å²) in [5.41, 5.74) is -0.835. The van der Waals surface area contributed by atoms with E-state index in [1.807, 2.05) is 6.92 Å². The van der Waals surface area contributed by atoms with E-state index in [1.54, 1.807) is 6.07 Å². The molecule has 9 nitrogen and oxygen atoms in total. The molecule has 3 rings (SSSR count). The number of nitrogens with zero attached hydrogens (tertiary/aromatic N) is 2. The Morgan fingerprint density at radius 1 is 1.38 bits per heavy atom. The number of sulfonamides is 1. The van der Waals surface area contributed by atoms with Gasteiger partial charge in [-0.15, -0.1) is 0 Å². The van der Waals surface area contributed by atoms with Crippen LogP contribution in [0.1, 0.15) is 42.2 Å². The predicted octanol–water partition coefficient (Wildman–Crippen LogP) is 2.67. The fourth-order valence-electron chi connectivity index (χ4n) is 3.58. The lowest BCUT2D eigenvalue weighted by Gasteiger charge is -2.43. The van der Waals surface area contributed by atoms with Gasteiger partial charge in [0.1, 0.15) is 17.3 Å². The van der Waals surface area contributed by atoms with Crippen LogP contribution in [0.3, 0.4) is 0 Å². The van der Waals surface area contributed by atoms with Crippen LogP contribution in [0.4, 0.5) is 10.1 Å². The molecule has 0 radical (unpaired) electrons. The highest BCUT2D eigenvalue weighted by molar-refractivity contribution is 7.89. The standard InChI is InChI=1S/C21H26FN5O4S/c1-4-5-10-21(13-32(29,30)27(2)20(23)26-21)16-11-14(6-8-17(16)22)25-19(28)18-9-7-15(31-3)12-24-18/h6-9,11-12H,4-5,10,13H2,1-3H3,(H2,23,26)(H,25,28)/t21-/m0/s1. The number of carbonyl (C=O) groups excluding carboxylic acids is 1. The lowest BCUT2D eigenvalue weighted by molar-refractivity contribution is 0.102. The number of amides is 1. The molecule has 1 saturated heterocycles. The SMILES string of the molecule is CCCC[C@@]1(c2cc(NC(=O)c3ccc(OC)cn3)ccc2F)CS(=O)(=O)N(C)C(=N)N1. The molecule has 1 aromatic heterocycles. The van der Waals surface area contributed by atoms with Crippen LogP contribution in [-0.2, 0) is 15.6 Å². The highest BCUT2D eigenvalue weighted by atomic mass is 32.2. The van der Waals surface area contributed by atoms with Gasteiger partial charge in [0.15, 0.2) is 0 Å². The van der Waals surface area contributed by atoms with Gasteiger partial charge in [0.2, 0.25) is 16.0 Å². The Morgan fingerprint density at radius 2 is 2.12 bits per heavy atom. The van der Waals surface area contributed by atoms with Crippen molar-refractivity contribution in [2.24, 2.45) is 0 Å². The van der Waals surface area contributed by atoms with Crippen molar-refractivity contribution in [2.75, 3.05) is 25.2 Å². The third-order valence-corrected chi connectivity index (χ3v) is 7.29. The molecule has 3 N–H and O–H groups in total. The number of pyridine rings is 1. The van der Waals surface area contributed by atoms with Crippen LogP contribution in [0, 0.1) is 11.2 Å². The molecule has 2 aromatic rings. The molecule has 0 unspecified atom stereocenters. The molecule has 172 valence electrons. The number of hydrogen-bond acceptors (Lipinski definition) is 6. The predicted molar refractivity (Wildman–Crippen MR) is 119 cm³/mol. The van der Waals surface area contributed by atoms with E-state index in [2.05, 4.69) is 15.6 Å². The number of unbranched alkanes of at least 4 members (excludes halogenated alkanes) is 1. The monoisotopic (exact) mass is 463 g/mol. The van der Waals surface area contributed by atoms with E-state index < -0.39 is 33.0 Å². The Balaban J connectivity index is 1.97. The molecule has 1 aliphatic rings. The zero-order valence-corrected chi connectivity index (χ0v) is 18.9. The van der Waals surface area contributed by atoms with E-state index in [9.17, 15) is 17.6 Å². The number of guanidine groups is 1. The summed E-state index contributed by atoms with van der Waals surface area (Å²) in [4.78, 5) is 16.6. The Bertz CT molecular complexity index is 1120. The second kappa shape index (κ2) is 9.11. The zero-order chi connectivity index (χ0) is 23.5. The normalized spacial score (nSPS) is 19.9. The largest absolute Gasteiger partial charge is 0.495 e. The van der Waals surface area contributed by atoms with Crippen LogP contribution < -0.4 is 15.4 Å². The van der Waals surface area contributed by atoms with Crippen molar-refractivity contribution in [3.05, 3.63) is 53.6 Å². The molecular weight excluding hydrogens is 437 g/mol. The summed E-state index contributed by atoms with van der Waals surface area (Å²) in [5, 5.41) is 13.7. The van der Waals surface area contributed by atoms with Crippen LogP contribution in [0.15, 0.2) is 36.5 Å². The number of methoxy groups -OCH3 is 1. The van der Waals surface area contributed by atoms with Crippen molar-refractivity contribution in [2.45, 2.75) is 31.7 Å². The average molecular weight is 464 g/mol. The second-order valence-electron chi connectivity index (χ2n) is 7.62. The van der Waals surface area contributed by atoms with Crippen LogP contribution in [0.5, 0.6) is 5.75 Å². The summed E-state index contributed by atoms with van der Waals surface area (Å²) in [6, 6.07) is 7.07. The molecular formula is C21H26FN5O4S. The van der Waals surface area contributed by atoms with Gasteiger partial charge in [0.25, 0.3) is 5.91 Å². The van der Waals surface area contributed by atoms with E-state index in [1.165, 1.54) is 44.6 Å². The highest BCUT2D eigenvalue weighted by Gasteiger charge is 2.46. The number of benzene rings is 1. The van der Waals surface area contributed by atoms with Crippen molar-refractivity contribution in [3.8, 4) is 5.75 Å². The second-order valence-corrected chi connectivity index (χ2v) is 9.62. The molecule has 1 fully saturated rings. The minimum Gasteiger partial charge on any atom is -0.495 e. The van der Waals surface area contributed by atoms with Gasteiger partial charge in [-0.05, 0) is 36.8 Å². The van der Waals surface area contributed by atoms with E-state index in [0.717, 1.165) is 10.7 Å². The van der Waals surface area contributed by atoms with Gasteiger partial charge >= 0.3 is 0 Å². The summed E-state index contributed by atoms with van der Waals surface area (Å²) < 4.78 is 46.2. The molecule has 11 heteroatoms. The summed E-state index contributed by atoms with van der Waals surface area (Å²) in [6.07, 6.45) is 3.08. The van der Waals surface area contributed by atoms with Crippen molar-refractivity contribution >= 4 is 27.6 Å². The maximum atomic E-state index is 15.0. The van der Waals surface area contributed by atoms with Gasteiger partial charge in [0.05, 0.1) is 24.6 Å². The number of nitrogens with one attached hydrogen (secondary N) is 3. The van der Waals surface area contributed by atoms with Crippen LogP contribution in [0.2, 0.25) is 0 Å². The molecule has 1 aromatic carbocycles. The third-order valence-electron chi connectivity index (χ3n) is 5.42. The van der Waals surface area contributed by atoms with Gasteiger partial charge in [-0.3, -0.25) is 10.2 Å². The first-order valence-corrected chi connectivity index (χ1v) is 11.7. The summed E-state index contributed by atoms with van der Waals surface area (Å²) in [7, 11) is -1.06. The maximum Gasteiger partial charge on any atom is 0.274 e. The first-order chi connectivity index (χ1) is 15.1. The van der Waals surface area contributed by atoms with Crippen molar-refractivity contribution < 1.29 is 22.3 Å². The Morgan fingerprint density at radius 3 is 2.72 bits per heavy atom. The molecule has 0 saturated carbocycles. The Kier molecular flexibility index (Phi) is 6.68. The molecule has 1 amide bonds. The van der Waals surface area contributed by atoms with Crippen LogP contribution in [-0.4, -0.2) is 49.5 Å². The first-order valence-electron chi connectivity index (χ1n) is 10.1. The average Bonchev–Trinajstić information content (AvgIpc) is 2.77. The lowest BCUT2D eigenvalue weighted by Crippen LogP contribution is -2.62. The van der Waals surface area contributed by atoms with E-state index >= 15 is 0 Å². The molecule has 0 spiro atoms. The maximum absolute atomic E-state index is 15.0. The number of hydrogen-bond donors (Lipinski definition) is 3. The Labute approximate surface area is 186 Å². The zero-order valence-electron chi connectivity index (χ0n) is 18.1. The third kappa shape index (κ3) is 4.67. The van der Waals surface area contributed by atoms with Gasteiger partial charge in [-0.2, -0.15) is 0 Å². The van der Waals surface area contributed by atoms with Crippen LogP contribution in [0.25, 0.3) is 0 Å². The van der Waals surface area contributed by atoms with Gasteiger partial charge in [-0.25, -0.2) is 22.1 Å². The number of carbonyl (C=O) groups is 1. The quantitative estimate of drug-likeness (QED) is 0.580. The van der Waals surface area contributed by atoms with E-state index in [-0.39, 0.29) is 22.9 Å². The molecule has 1 aliphatic heterocycles. The first kappa shape index (κ1) is 23.5. The molecule has 0 aliphatic carbocycles. The number of anilines is 1. The van der Waals surface area contributed by atoms with Crippen molar-refractivity contribution in [1.82, 2.24) is 14.6 Å². The highest BCUT2D eigenvalue weighted by Crippen LogP contribution is 2.36. The molecule has 1 atom stereocenters. The Hall–Kier alpha value is -3.21. The minimum atomic E-state index is -3.83. The van der Waals surface area contributed by atoms with E-state index in [4.69, 9.17) is 10.1 Å². The van der Waals surface area contributed by atoms with Gasteiger partial charge in [0, 0.05) is 18.3 Å². The van der Waals surface area contributed by atoms with Crippen molar-refractivity contribution in [3.63, 3.8) is 0 Å². The molecule has 32 heavy (non-hydrogen) atoms. The van der Waals surface area contributed by atoms with E-state index in [0.29, 0.717) is 18.6 Å². The van der Waals surface area contributed by atoms with Crippen molar-refractivity contribution in [1.29, 1.82) is 5.41 Å². The minimum absolute atomic E-state index is 0.0767. The number of ether oxygens (including phenoxy) is 1. The summed E-state index contributed by atoms with van der Waals surface area (Å²) in [5.74, 6) is -1.37. The van der Waals surface area contributed by atoms with Gasteiger partial charge < -0.3 is 15.4 Å². The summed E-state index contributed by atoms with van der Waals surface area (Å²) >= 11 is 0. The van der Waals surface area contributed by atoms with Crippen LogP contribution >= 0.6 is 0 Å². The molecule has 2 heterocycles. The number of aromatic nitrogens is 1. The fraction of sp³-hybridized carbons (Fsp3) is 0.381. The lowest BCUT2D eigenvalue weighted by atomic mass is 9.85. The summed E-state index contributed by atoms with van der Waals surface area (Å²) in [6.45, 7) is 1.94. The smallest absolute Gasteiger partial charge is 0.274 e. The topological polar surface area (TPSA) is 124 Å². The van der Waals surface area contributed by atoms with Gasteiger partial charge in [-0.1, -0.05) is 19.8 Å². The number of rotatable bonds is 7. The number of halogens is 1.